The van der Waals surface area contributed by atoms with Crippen LogP contribution in [0, 0.1) is 11.7 Å². The molecular formula is C21H20FN3O2. The first-order valence-electron chi connectivity index (χ1n) is 9.03. The van der Waals surface area contributed by atoms with E-state index in [1.807, 2.05) is 26.0 Å². The molecule has 0 radical (unpaired) electrons. The molecular weight excluding hydrogens is 345 g/mol. The molecule has 2 unspecified atom stereocenters. The van der Waals surface area contributed by atoms with Crippen LogP contribution in [0.5, 0.6) is 0 Å². The van der Waals surface area contributed by atoms with Crippen LogP contribution in [-0.2, 0) is 4.79 Å². The maximum Gasteiger partial charge on any atom is 0.280 e. The number of hydrogen-bond donors (Lipinski definition) is 1. The second kappa shape index (κ2) is 6.61. The summed E-state index contributed by atoms with van der Waals surface area (Å²) in [7, 11) is 0. The summed E-state index contributed by atoms with van der Waals surface area (Å²) in [6, 6.07) is 13.4. The van der Waals surface area contributed by atoms with Crippen LogP contribution in [0.1, 0.15) is 43.5 Å². The number of carbonyl (C=O) groups excluding carboxylic acids is 1. The molecule has 2 aromatic carbocycles. The predicted molar refractivity (Wildman–Crippen MR) is 102 cm³/mol. The molecule has 1 fully saturated rings. The van der Waals surface area contributed by atoms with E-state index in [1.54, 1.807) is 24.3 Å². The first-order chi connectivity index (χ1) is 13.0. The normalized spacial score (nSPS) is 18.7. The minimum Gasteiger partial charge on any atom is -0.273 e. The van der Waals surface area contributed by atoms with Crippen LogP contribution >= 0.6 is 0 Å². The van der Waals surface area contributed by atoms with Crippen molar-refractivity contribution in [3.05, 3.63) is 76.1 Å². The molecule has 1 aliphatic rings. The Bertz CT molecular complexity index is 1090. The summed E-state index contributed by atoms with van der Waals surface area (Å²) >= 11 is 0. The number of aromatic nitrogens is 2. The van der Waals surface area contributed by atoms with Gasteiger partial charge in [-0.15, -0.1) is 0 Å². The van der Waals surface area contributed by atoms with E-state index < -0.39 is 0 Å². The van der Waals surface area contributed by atoms with Crippen molar-refractivity contribution in [2.24, 2.45) is 5.92 Å². The van der Waals surface area contributed by atoms with Crippen LogP contribution in [0.4, 0.5) is 4.39 Å². The number of carbonyl (C=O) groups is 1. The van der Waals surface area contributed by atoms with Crippen LogP contribution in [0.15, 0.2) is 53.3 Å². The minimum absolute atomic E-state index is 0.0210. The van der Waals surface area contributed by atoms with Crippen molar-refractivity contribution in [1.82, 2.24) is 9.66 Å². The molecule has 1 saturated carbocycles. The zero-order valence-electron chi connectivity index (χ0n) is 15.1. The summed E-state index contributed by atoms with van der Waals surface area (Å²) < 4.78 is 14.7. The quantitative estimate of drug-likeness (QED) is 0.769. The third kappa shape index (κ3) is 3.23. The number of amides is 1. The van der Waals surface area contributed by atoms with E-state index in [0.717, 1.165) is 5.56 Å². The second-order valence-electron chi connectivity index (χ2n) is 7.26. The van der Waals surface area contributed by atoms with Crippen LogP contribution in [0.2, 0.25) is 0 Å². The van der Waals surface area contributed by atoms with Gasteiger partial charge < -0.3 is 0 Å². The van der Waals surface area contributed by atoms with Gasteiger partial charge in [0.2, 0.25) is 5.91 Å². The molecule has 0 bridgehead atoms. The molecule has 2 atom stereocenters. The maximum absolute atomic E-state index is 13.4. The molecule has 0 saturated heterocycles. The van der Waals surface area contributed by atoms with Gasteiger partial charge in [0.1, 0.15) is 11.6 Å². The lowest BCUT2D eigenvalue weighted by Crippen LogP contribution is -2.37. The second-order valence-corrected chi connectivity index (χ2v) is 7.26. The molecule has 138 valence electrons. The number of nitrogens with zero attached hydrogens (tertiary/aromatic N) is 2. The zero-order valence-corrected chi connectivity index (χ0v) is 15.1. The fraction of sp³-hybridized carbons (Fsp3) is 0.286. The van der Waals surface area contributed by atoms with Crippen molar-refractivity contribution in [3.8, 4) is 0 Å². The lowest BCUT2D eigenvalue weighted by Gasteiger charge is -2.16. The van der Waals surface area contributed by atoms with E-state index in [9.17, 15) is 14.0 Å². The lowest BCUT2D eigenvalue weighted by atomic mass is 10.1. The molecule has 4 rings (SSSR count). The summed E-state index contributed by atoms with van der Waals surface area (Å²) in [6.45, 7) is 3.84. The Morgan fingerprint density at radius 3 is 2.74 bits per heavy atom. The van der Waals surface area contributed by atoms with Crippen molar-refractivity contribution in [1.29, 1.82) is 0 Å². The van der Waals surface area contributed by atoms with E-state index in [-0.39, 0.29) is 35.0 Å². The van der Waals surface area contributed by atoms with Crippen molar-refractivity contribution in [2.45, 2.75) is 32.1 Å². The first-order valence-corrected chi connectivity index (χ1v) is 9.03. The highest BCUT2D eigenvalue weighted by Gasteiger charge is 2.44. The number of para-hydroxylation sites is 1. The lowest BCUT2D eigenvalue weighted by molar-refractivity contribution is -0.118. The summed E-state index contributed by atoms with van der Waals surface area (Å²) in [4.78, 5) is 30.2. The highest BCUT2D eigenvalue weighted by molar-refractivity contribution is 5.90. The molecule has 1 aliphatic carbocycles. The van der Waals surface area contributed by atoms with Crippen LogP contribution in [-0.4, -0.2) is 15.6 Å². The number of hydrogen-bond acceptors (Lipinski definition) is 3. The fourth-order valence-corrected chi connectivity index (χ4v) is 3.43. The van der Waals surface area contributed by atoms with E-state index >= 15 is 0 Å². The molecule has 6 heteroatoms. The standard InChI is InChI=1S/C21H20FN3O2/c1-12(2)19-23-18-9-4-3-8-15(18)21(27)25(19)24-20(26)17-11-16(17)13-6-5-7-14(22)10-13/h3-10,12,16-17H,11H2,1-2H3,(H,24,26). The summed E-state index contributed by atoms with van der Waals surface area (Å²) in [5.41, 5.74) is 3.87. The Hall–Kier alpha value is -3.02. The Morgan fingerprint density at radius 1 is 1.22 bits per heavy atom. The highest BCUT2D eigenvalue weighted by Crippen LogP contribution is 2.47. The monoisotopic (exact) mass is 365 g/mol. The molecule has 1 heterocycles. The number of rotatable bonds is 4. The van der Waals surface area contributed by atoms with Gasteiger partial charge in [-0.3, -0.25) is 15.0 Å². The van der Waals surface area contributed by atoms with Crippen LogP contribution in [0.3, 0.4) is 0 Å². The molecule has 0 spiro atoms. The fourth-order valence-electron chi connectivity index (χ4n) is 3.43. The van der Waals surface area contributed by atoms with E-state index in [1.165, 1.54) is 16.8 Å². The average Bonchev–Trinajstić information content (AvgIpc) is 3.44. The summed E-state index contributed by atoms with van der Waals surface area (Å²) in [5.74, 6) is -0.380. The van der Waals surface area contributed by atoms with Gasteiger partial charge in [-0.1, -0.05) is 38.1 Å². The average molecular weight is 365 g/mol. The van der Waals surface area contributed by atoms with Gasteiger partial charge in [0, 0.05) is 11.8 Å². The molecule has 5 nitrogen and oxygen atoms in total. The topological polar surface area (TPSA) is 64.0 Å². The van der Waals surface area contributed by atoms with Crippen molar-refractivity contribution < 1.29 is 9.18 Å². The third-order valence-electron chi connectivity index (χ3n) is 4.94. The van der Waals surface area contributed by atoms with Gasteiger partial charge in [0.15, 0.2) is 0 Å². The van der Waals surface area contributed by atoms with Gasteiger partial charge in [-0.2, -0.15) is 0 Å². The van der Waals surface area contributed by atoms with Crippen molar-refractivity contribution in [3.63, 3.8) is 0 Å². The van der Waals surface area contributed by atoms with E-state index in [4.69, 9.17) is 0 Å². The van der Waals surface area contributed by atoms with E-state index in [0.29, 0.717) is 23.1 Å². The van der Waals surface area contributed by atoms with Crippen LogP contribution in [0.25, 0.3) is 10.9 Å². The van der Waals surface area contributed by atoms with Gasteiger partial charge in [0.25, 0.3) is 5.56 Å². The van der Waals surface area contributed by atoms with E-state index in [2.05, 4.69) is 10.4 Å². The maximum atomic E-state index is 13.4. The number of nitrogens with one attached hydrogen (secondary N) is 1. The molecule has 1 N–H and O–H groups in total. The molecule has 1 aromatic heterocycles. The Kier molecular flexibility index (Phi) is 4.26. The largest absolute Gasteiger partial charge is 0.280 e. The SMILES string of the molecule is CC(C)c1nc2ccccc2c(=O)n1NC(=O)C1CC1c1cccc(F)c1. The summed E-state index contributed by atoms with van der Waals surface area (Å²) in [5, 5.41) is 0.458. The Balaban J connectivity index is 1.64. The third-order valence-corrected chi connectivity index (χ3v) is 4.94. The number of fused-ring (bicyclic) bond motifs is 1. The minimum atomic E-state index is -0.310. The molecule has 27 heavy (non-hydrogen) atoms. The Morgan fingerprint density at radius 2 is 2.00 bits per heavy atom. The van der Waals surface area contributed by atoms with Gasteiger partial charge in [-0.25, -0.2) is 14.1 Å². The molecule has 1 amide bonds. The molecule has 3 aromatic rings. The summed E-state index contributed by atoms with van der Waals surface area (Å²) in [6.07, 6.45) is 0.641. The molecule has 0 aliphatic heterocycles. The first kappa shape index (κ1) is 17.4. The van der Waals surface area contributed by atoms with Crippen molar-refractivity contribution in [2.75, 3.05) is 5.43 Å². The zero-order chi connectivity index (χ0) is 19.1. The Labute approximate surface area is 155 Å². The highest BCUT2D eigenvalue weighted by atomic mass is 19.1. The van der Waals surface area contributed by atoms with Crippen LogP contribution < -0.4 is 11.0 Å². The van der Waals surface area contributed by atoms with Gasteiger partial charge in [0.05, 0.1) is 10.9 Å². The van der Waals surface area contributed by atoms with Gasteiger partial charge >= 0.3 is 0 Å². The van der Waals surface area contributed by atoms with Crippen molar-refractivity contribution >= 4 is 16.8 Å². The number of halogens is 1. The van der Waals surface area contributed by atoms with Gasteiger partial charge in [-0.05, 0) is 42.2 Å². The predicted octanol–water partition coefficient (Wildman–Crippen LogP) is 3.53. The smallest absolute Gasteiger partial charge is 0.273 e. The number of benzene rings is 2.